The lowest BCUT2D eigenvalue weighted by Gasteiger charge is -2.34. The molecule has 2 aromatic carbocycles. The monoisotopic (exact) mass is 397 g/mol. The molecule has 28 heavy (non-hydrogen) atoms. The smallest absolute Gasteiger partial charge is 0.257 e. The fraction of sp³-hybridized carbons (Fsp3) is 0.333. The standard InChI is InChI=1S/C21H23N3O3S/c1-14-4-7-17-19(12-14)28-21(22-17)24-10-8-23(9-11-24)20(25)16-6-5-15(26-2)13-18(16)27-3/h4-7,12-13H,8-11H2,1-3H3. The summed E-state index contributed by atoms with van der Waals surface area (Å²) < 4.78 is 11.8. The van der Waals surface area contributed by atoms with Gasteiger partial charge in [-0.05, 0) is 36.8 Å². The van der Waals surface area contributed by atoms with Gasteiger partial charge in [-0.3, -0.25) is 4.79 Å². The Balaban J connectivity index is 1.46. The number of anilines is 1. The van der Waals surface area contributed by atoms with Crippen LogP contribution in [0.5, 0.6) is 11.5 Å². The molecule has 1 aliphatic heterocycles. The third-order valence-corrected chi connectivity index (χ3v) is 6.09. The SMILES string of the molecule is COc1ccc(C(=O)N2CCN(c3nc4ccc(C)cc4s3)CC2)c(OC)c1. The van der Waals surface area contributed by atoms with E-state index in [0.29, 0.717) is 30.2 Å². The molecule has 0 saturated carbocycles. The Morgan fingerprint density at radius 2 is 1.82 bits per heavy atom. The van der Waals surface area contributed by atoms with Crippen molar-refractivity contribution in [1.82, 2.24) is 9.88 Å². The van der Waals surface area contributed by atoms with Gasteiger partial charge in [-0.1, -0.05) is 17.4 Å². The first-order chi connectivity index (χ1) is 13.6. The van der Waals surface area contributed by atoms with Crippen LogP contribution >= 0.6 is 11.3 Å². The van der Waals surface area contributed by atoms with Gasteiger partial charge in [-0.25, -0.2) is 4.98 Å². The summed E-state index contributed by atoms with van der Waals surface area (Å²) in [4.78, 5) is 21.9. The molecule has 1 fully saturated rings. The molecule has 146 valence electrons. The highest BCUT2D eigenvalue weighted by molar-refractivity contribution is 7.22. The number of rotatable bonds is 4. The van der Waals surface area contributed by atoms with E-state index < -0.39 is 0 Å². The maximum atomic E-state index is 13.0. The number of aryl methyl sites for hydroxylation is 1. The van der Waals surface area contributed by atoms with Gasteiger partial charge in [-0.15, -0.1) is 0 Å². The lowest BCUT2D eigenvalue weighted by molar-refractivity contribution is 0.0743. The van der Waals surface area contributed by atoms with E-state index in [0.717, 1.165) is 23.7 Å². The zero-order valence-electron chi connectivity index (χ0n) is 16.3. The highest BCUT2D eigenvalue weighted by Gasteiger charge is 2.26. The first-order valence-corrected chi connectivity index (χ1v) is 10.0. The first-order valence-electron chi connectivity index (χ1n) is 9.22. The second-order valence-electron chi connectivity index (χ2n) is 6.81. The molecule has 1 aromatic heterocycles. The molecule has 0 aliphatic carbocycles. The van der Waals surface area contributed by atoms with Gasteiger partial charge in [0, 0.05) is 32.2 Å². The number of benzene rings is 2. The molecule has 0 atom stereocenters. The van der Waals surface area contributed by atoms with E-state index in [-0.39, 0.29) is 5.91 Å². The Morgan fingerprint density at radius 3 is 2.54 bits per heavy atom. The molecule has 2 heterocycles. The molecular formula is C21H23N3O3S. The van der Waals surface area contributed by atoms with Gasteiger partial charge in [0.2, 0.25) is 0 Å². The van der Waals surface area contributed by atoms with Crippen molar-refractivity contribution in [2.45, 2.75) is 6.92 Å². The molecule has 1 amide bonds. The van der Waals surface area contributed by atoms with Crippen molar-refractivity contribution >= 4 is 32.6 Å². The number of carbonyl (C=O) groups excluding carboxylic acids is 1. The zero-order valence-corrected chi connectivity index (χ0v) is 17.1. The summed E-state index contributed by atoms with van der Waals surface area (Å²) in [5, 5.41) is 1.02. The number of amides is 1. The van der Waals surface area contributed by atoms with Crippen LogP contribution < -0.4 is 14.4 Å². The number of hydrogen-bond acceptors (Lipinski definition) is 6. The van der Waals surface area contributed by atoms with Crippen LogP contribution in [0.4, 0.5) is 5.13 Å². The molecular weight excluding hydrogens is 374 g/mol. The van der Waals surface area contributed by atoms with Crippen molar-refractivity contribution in [3.8, 4) is 11.5 Å². The average Bonchev–Trinajstić information content (AvgIpc) is 3.16. The van der Waals surface area contributed by atoms with Crippen molar-refractivity contribution in [2.75, 3.05) is 45.3 Å². The summed E-state index contributed by atoms with van der Waals surface area (Å²) in [7, 11) is 3.16. The molecule has 1 saturated heterocycles. The van der Waals surface area contributed by atoms with E-state index in [9.17, 15) is 4.79 Å². The van der Waals surface area contributed by atoms with Crippen molar-refractivity contribution in [3.05, 3.63) is 47.5 Å². The fourth-order valence-electron chi connectivity index (χ4n) is 3.40. The van der Waals surface area contributed by atoms with E-state index in [4.69, 9.17) is 14.5 Å². The molecule has 0 radical (unpaired) electrons. The number of carbonyl (C=O) groups is 1. The second kappa shape index (κ2) is 7.67. The van der Waals surface area contributed by atoms with Gasteiger partial charge in [0.25, 0.3) is 5.91 Å². The third-order valence-electron chi connectivity index (χ3n) is 5.01. The summed E-state index contributed by atoms with van der Waals surface area (Å²) in [6, 6.07) is 11.6. The Bertz CT molecular complexity index is 1010. The van der Waals surface area contributed by atoms with Gasteiger partial charge in [0.1, 0.15) is 11.5 Å². The minimum atomic E-state index is -0.0147. The molecule has 0 bridgehead atoms. The Morgan fingerprint density at radius 1 is 1.04 bits per heavy atom. The number of methoxy groups -OCH3 is 2. The van der Waals surface area contributed by atoms with E-state index in [1.54, 1.807) is 43.8 Å². The number of ether oxygens (including phenoxy) is 2. The van der Waals surface area contributed by atoms with Crippen molar-refractivity contribution in [3.63, 3.8) is 0 Å². The molecule has 0 N–H and O–H groups in total. The van der Waals surface area contributed by atoms with Gasteiger partial charge in [0.15, 0.2) is 5.13 Å². The Labute approximate surface area is 168 Å². The first kappa shape index (κ1) is 18.6. The van der Waals surface area contributed by atoms with E-state index >= 15 is 0 Å². The van der Waals surface area contributed by atoms with Crippen LogP contribution in [0.3, 0.4) is 0 Å². The van der Waals surface area contributed by atoms with E-state index in [1.807, 2.05) is 4.90 Å². The normalized spacial score (nSPS) is 14.4. The van der Waals surface area contributed by atoms with Gasteiger partial charge in [-0.2, -0.15) is 0 Å². The summed E-state index contributed by atoms with van der Waals surface area (Å²) in [5.41, 5.74) is 2.84. The van der Waals surface area contributed by atoms with Crippen LogP contribution in [0.15, 0.2) is 36.4 Å². The van der Waals surface area contributed by atoms with Gasteiger partial charge in [0.05, 0.1) is 30.0 Å². The van der Waals surface area contributed by atoms with Crippen molar-refractivity contribution < 1.29 is 14.3 Å². The number of aromatic nitrogens is 1. The molecule has 1 aliphatic rings. The highest BCUT2D eigenvalue weighted by atomic mass is 32.1. The number of fused-ring (bicyclic) bond motifs is 1. The number of nitrogens with zero attached hydrogens (tertiary/aromatic N) is 3. The van der Waals surface area contributed by atoms with E-state index in [2.05, 4.69) is 30.0 Å². The predicted octanol–water partition coefficient (Wildman–Crippen LogP) is 3.58. The van der Waals surface area contributed by atoms with Crippen LogP contribution in [-0.4, -0.2) is 56.2 Å². The van der Waals surface area contributed by atoms with Gasteiger partial charge >= 0.3 is 0 Å². The zero-order chi connectivity index (χ0) is 19.7. The molecule has 6 nitrogen and oxygen atoms in total. The summed E-state index contributed by atoms with van der Waals surface area (Å²) >= 11 is 1.71. The fourth-order valence-corrected chi connectivity index (χ4v) is 4.52. The predicted molar refractivity (Wildman–Crippen MR) is 112 cm³/mol. The maximum Gasteiger partial charge on any atom is 0.257 e. The van der Waals surface area contributed by atoms with E-state index in [1.165, 1.54) is 10.3 Å². The Hall–Kier alpha value is -2.80. The Kier molecular flexibility index (Phi) is 5.09. The highest BCUT2D eigenvalue weighted by Crippen LogP contribution is 2.31. The molecule has 4 rings (SSSR count). The maximum absolute atomic E-state index is 13.0. The molecule has 7 heteroatoms. The van der Waals surface area contributed by atoms with Crippen molar-refractivity contribution in [2.24, 2.45) is 0 Å². The number of piperazine rings is 1. The third kappa shape index (κ3) is 3.49. The minimum Gasteiger partial charge on any atom is -0.497 e. The van der Waals surface area contributed by atoms with Gasteiger partial charge < -0.3 is 19.3 Å². The second-order valence-corrected chi connectivity index (χ2v) is 7.82. The summed E-state index contributed by atoms with van der Waals surface area (Å²) in [6.45, 7) is 4.94. The van der Waals surface area contributed by atoms with Crippen LogP contribution in [0.2, 0.25) is 0 Å². The largest absolute Gasteiger partial charge is 0.497 e. The van der Waals surface area contributed by atoms with Crippen LogP contribution in [0, 0.1) is 6.92 Å². The number of thiazole rings is 1. The van der Waals surface area contributed by atoms with Crippen LogP contribution in [-0.2, 0) is 0 Å². The van der Waals surface area contributed by atoms with Crippen LogP contribution in [0.1, 0.15) is 15.9 Å². The quantitative estimate of drug-likeness (QED) is 0.674. The lowest BCUT2D eigenvalue weighted by Crippen LogP contribution is -2.48. The lowest BCUT2D eigenvalue weighted by atomic mass is 10.1. The molecule has 0 spiro atoms. The summed E-state index contributed by atoms with van der Waals surface area (Å²) in [6.07, 6.45) is 0. The average molecular weight is 398 g/mol. The minimum absolute atomic E-state index is 0.0147. The van der Waals surface area contributed by atoms with Crippen molar-refractivity contribution in [1.29, 1.82) is 0 Å². The topological polar surface area (TPSA) is 54.9 Å². The van der Waals surface area contributed by atoms with Crippen LogP contribution in [0.25, 0.3) is 10.2 Å². The number of hydrogen-bond donors (Lipinski definition) is 0. The molecule has 3 aromatic rings. The summed E-state index contributed by atoms with van der Waals surface area (Å²) in [5.74, 6) is 1.19. The molecule has 0 unspecified atom stereocenters.